The lowest BCUT2D eigenvalue weighted by Crippen LogP contribution is -2.08. The first-order valence-electron chi connectivity index (χ1n) is 6.16. The van der Waals surface area contributed by atoms with Crippen molar-refractivity contribution in [1.29, 1.82) is 0 Å². The number of aromatic nitrogens is 1. The minimum absolute atomic E-state index is 0.331. The number of fused-ring (bicyclic) bond motifs is 1. The monoisotopic (exact) mass is 429 g/mol. The Morgan fingerprint density at radius 2 is 1.95 bits per heavy atom. The van der Waals surface area contributed by atoms with E-state index in [1.807, 2.05) is 36.4 Å². The van der Waals surface area contributed by atoms with Gasteiger partial charge in [-0.15, -0.1) is 11.6 Å². The minimum Gasteiger partial charge on any atom is -0.408 e. The molecule has 3 aromatic rings. The van der Waals surface area contributed by atoms with Crippen molar-refractivity contribution in [2.24, 2.45) is 7.05 Å². The summed E-state index contributed by atoms with van der Waals surface area (Å²) in [5, 5.41) is -0.331. The minimum atomic E-state index is -0.377. The average molecular weight is 432 g/mol. The molecular formula is C15H10Br2ClNO2. The molecule has 0 saturated heterocycles. The second-order valence-electron chi connectivity index (χ2n) is 4.68. The van der Waals surface area contributed by atoms with Crippen LogP contribution in [0.3, 0.4) is 0 Å². The zero-order chi connectivity index (χ0) is 15.1. The van der Waals surface area contributed by atoms with Gasteiger partial charge in [-0.1, -0.05) is 44.0 Å². The SMILES string of the molecule is Cn1c(=O)oc2cc(C(Cl)c3ccc(Br)cc3Br)ccc21. The van der Waals surface area contributed by atoms with E-state index in [1.54, 1.807) is 7.05 Å². The van der Waals surface area contributed by atoms with Crippen molar-refractivity contribution in [3.63, 3.8) is 0 Å². The van der Waals surface area contributed by atoms with Crippen LogP contribution in [0, 0.1) is 0 Å². The number of benzene rings is 2. The van der Waals surface area contributed by atoms with Crippen molar-refractivity contribution in [3.8, 4) is 0 Å². The van der Waals surface area contributed by atoms with Crippen molar-refractivity contribution in [2.45, 2.75) is 5.38 Å². The van der Waals surface area contributed by atoms with E-state index in [0.29, 0.717) is 5.58 Å². The summed E-state index contributed by atoms with van der Waals surface area (Å²) >= 11 is 13.5. The van der Waals surface area contributed by atoms with Crippen molar-refractivity contribution >= 4 is 54.6 Å². The topological polar surface area (TPSA) is 35.1 Å². The largest absolute Gasteiger partial charge is 0.419 e. The maximum Gasteiger partial charge on any atom is 0.419 e. The number of rotatable bonds is 2. The Kier molecular flexibility index (Phi) is 3.99. The van der Waals surface area contributed by atoms with Crippen LogP contribution in [0.2, 0.25) is 0 Å². The van der Waals surface area contributed by atoms with Gasteiger partial charge in [0.2, 0.25) is 0 Å². The second kappa shape index (κ2) is 5.63. The maximum atomic E-state index is 11.5. The smallest absolute Gasteiger partial charge is 0.408 e. The number of hydrogen-bond donors (Lipinski definition) is 0. The molecule has 0 N–H and O–H groups in total. The van der Waals surface area contributed by atoms with E-state index >= 15 is 0 Å². The van der Waals surface area contributed by atoms with E-state index in [2.05, 4.69) is 31.9 Å². The molecule has 1 atom stereocenters. The van der Waals surface area contributed by atoms with E-state index in [4.69, 9.17) is 16.0 Å². The molecule has 0 saturated carbocycles. The van der Waals surface area contributed by atoms with E-state index < -0.39 is 0 Å². The first-order valence-corrected chi connectivity index (χ1v) is 8.18. The van der Waals surface area contributed by atoms with E-state index in [-0.39, 0.29) is 11.1 Å². The van der Waals surface area contributed by atoms with Gasteiger partial charge in [-0.3, -0.25) is 4.57 Å². The Morgan fingerprint density at radius 1 is 1.19 bits per heavy atom. The Morgan fingerprint density at radius 3 is 2.67 bits per heavy atom. The fourth-order valence-corrected chi connectivity index (χ4v) is 3.93. The molecule has 3 rings (SSSR count). The first-order chi connectivity index (χ1) is 9.97. The molecule has 6 heteroatoms. The highest BCUT2D eigenvalue weighted by Crippen LogP contribution is 2.36. The normalized spacial score (nSPS) is 12.8. The molecule has 0 aliphatic rings. The van der Waals surface area contributed by atoms with Crippen molar-refractivity contribution in [2.75, 3.05) is 0 Å². The molecule has 0 fully saturated rings. The Bertz CT molecular complexity index is 885. The molecule has 2 aromatic carbocycles. The molecule has 0 spiro atoms. The summed E-state index contributed by atoms with van der Waals surface area (Å²) in [7, 11) is 1.68. The Labute approximate surface area is 142 Å². The van der Waals surface area contributed by atoms with Gasteiger partial charge in [0.15, 0.2) is 5.58 Å². The third-order valence-electron chi connectivity index (χ3n) is 3.34. The molecule has 0 aliphatic carbocycles. The van der Waals surface area contributed by atoms with E-state index in [1.165, 1.54) is 4.57 Å². The number of oxazole rings is 1. The van der Waals surface area contributed by atoms with Crippen molar-refractivity contribution in [1.82, 2.24) is 4.57 Å². The number of hydrogen-bond acceptors (Lipinski definition) is 2. The van der Waals surface area contributed by atoms with Crippen LogP contribution in [-0.4, -0.2) is 4.57 Å². The van der Waals surface area contributed by atoms with Gasteiger partial charge in [0, 0.05) is 16.0 Å². The fourth-order valence-electron chi connectivity index (χ4n) is 2.19. The van der Waals surface area contributed by atoms with Crippen LogP contribution >= 0.6 is 43.5 Å². The third-order valence-corrected chi connectivity index (χ3v) is 5.01. The van der Waals surface area contributed by atoms with Crippen molar-refractivity contribution in [3.05, 3.63) is 67.0 Å². The molecule has 1 heterocycles. The zero-order valence-electron chi connectivity index (χ0n) is 10.9. The lowest BCUT2D eigenvalue weighted by atomic mass is 10.0. The van der Waals surface area contributed by atoms with Crippen LogP contribution in [0.5, 0.6) is 0 Å². The number of nitrogens with zero attached hydrogens (tertiary/aromatic N) is 1. The molecule has 0 aliphatic heterocycles. The Hall–Kier alpha value is -1.04. The summed E-state index contributed by atoms with van der Waals surface area (Å²) in [5.41, 5.74) is 3.13. The van der Waals surface area contributed by atoms with Gasteiger partial charge in [-0.25, -0.2) is 4.79 Å². The molecule has 1 unspecified atom stereocenters. The summed E-state index contributed by atoms with van der Waals surface area (Å²) in [6.07, 6.45) is 0. The molecule has 0 radical (unpaired) electrons. The van der Waals surface area contributed by atoms with Gasteiger partial charge < -0.3 is 4.42 Å². The van der Waals surface area contributed by atoms with Gasteiger partial charge in [-0.2, -0.15) is 0 Å². The molecule has 0 amide bonds. The van der Waals surface area contributed by atoms with Crippen LogP contribution in [0.15, 0.2) is 54.6 Å². The predicted octanol–water partition coefficient (Wildman–Crippen LogP) is 4.98. The van der Waals surface area contributed by atoms with Gasteiger partial charge in [0.25, 0.3) is 0 Å². The van der Waals surface area contributed by atoms with Gasteiger partial charge >= 0.3 is 5.76 Å². The highest BCUT2D eigenvalue weighted by Gasteiger charge is 2.16. The van der Waals surface area contributed by atoms with Crippen LogP contribution < -0.4 is 5.76 Å². The van der Waals surface area contributed by atoms with Crippen LogP contribution in [0.4, 0.5) is 0 Å². The number of aryl methyl sites for hydroxylation is 1. The Balaban J connectivity index is 2.09. The number of halogens is 3. The maximum absolute atomic E-state index is 11.5. The molecule has 0 bridgehead atoms. The standard InChI is InChI=1S/C15H10Br2ClNO2/c1-19-12-5-2-8(6-13(12)21-15(19)20)14(18)10-4-3-9(16)7-11(10)17/h2-7,14H,1H3. The quantitative estimate of drug-likeness (QED) is 0.536. The highest BCUT2D eigenvalue weighted by atomic mass is 79.9. The van der Waals surface area contributed by atoms with Crippen LogP contribution in [-0.2, 0) is 7.05 Å². The fraction of sp³-hybridized carbons (Fsp3) is 0.133. The zero-order valence-corrected chi connectivity index (χ0v) is 14.9. The van der Waals surface area contributed by atoms with Crippen LogP contribution in [0.1, 0.15) is 16.5 Å². The first kappa shape index (κ1) is 14.9. The predicted molar refractivity (Wildman–Crippen MR) is 91.0 cm³/mol. The summed E-state index contributed by atoms with van der Waals surface area (Å²) in [6.45, 7) is 0. The average Bonchev–Trinajstić information content (AvgIpc) is 2.73. The summed E-state index contributed by atoms with van der Waals surface area (Å²) in [4.78, 5) is 11.5. The summed E-state index contributed by atoms with van der Waals surface area (Å²) in [6, 6.07) is 11.4. The lowest BCUT2D eigenvalue weighted by molar-refractivity contribution is 0.528. The molecule has 21 heavy (non-hydrogen) atoms. The highest BCUT2D eigenvalue weighted by molar-refractivity contribution is 9.11. The number of alkyl halides is 1. The summed E-state index contributed by atoms with van der Waals surface area (Å²) in [5.74, 6) is -0.377. The van der Waals surface area contributed by atoms with Gasteiger partial charge in [0.05, 0.1) is 10.9 Å². The van der Waals surface area contributed by atoms with E-state index in [9.17, 15) is 4.79 Å². The van der Waals surface area contributed by atoms with Gasteiger partial charge in [0.1, 0.15) is 0 Å². The molecular weight excluding hydrogens is 421 g/mol. The van der Waals surface area contributed by atoms with E-state index in [0.717, 1.165) is 25.6 Å². The van der Waals surface area contributed by atoms with Gasteiger partial charge in [-0.05, 0) is 35.4 Å². The lowest BCUT2D eigenvalue weighted by Gasteiger charge is -2.12. The third kappa shape index (κ3) is 2.70. The molecule has 108 valence electrons. The van der Waals surface area contributed by atoms with Crippen molar-refractivity contribution < 1.29 is 4.42 Å². The summed E-state index contributed by atoms with van der Waals surface area (Å²) < 4.78 is 8.58. The molecule has 1 aromatic heterocycles. The second-order valence-corrected chi connectivity index (χ2v) is 6.89. The van der Waals surface area contributed by atoms with Crippen LogP contribution in [0.25, 0.3) is 11.1 Å². The molecule has 3 nitrogen and oxygen atoms in total.